The molecule has 3 rings (SSSR count). The SMILES string of the molecule is CNc1ccc(N=Nc2ccc3c(S(=O)(=O)O)cc(S(=O)(=O)O)cc3c2)cc1. The molecule has 11 heteroatoms. The largest absolute Gasteiger partial charge is 0.388 e. The van der Waals surface area contributed by atoms with E-state index in [2.05, 4.69) is 15.5 Å². The summed E-state index contributed by atoms with van der Waals surface area (Å²) in [7, 11) is -7.62. The minimum absolute atomic E-state index is 0.0761. The summed E-state index contributed by atoms with van der Waals surface area (Å²) in [5.74, 6) is 0. The van der Waals surface area contributed by atoms with Crippen molar-refractivity contribution in [1.82, 2.24) is 0 Å². The molecule has 0 heterocycles. The van der Waals surface area contributed by atoms with Gasteiger partial charge in [-0.25, -0.2) is 0 Å². The molecule has 3 aromatic carbocycles. The Morgan fingerprint density at radius 3 is 1.96 bits per heavy atom. The van der Waals surface area contributed by atoms with Crippen molar-refractivity contribution in [3.05, 3.63) is 54.6 Å². The Balaban J connectivity index is 2.10. The average molecular weight is 421 g/mol. The van der Waals surface area contributed by atoms with Crippen molar-refractivity contribution in [2.24, 2.45) is 10.2 Å². The van der Waals surface area contributed by atoms with Crippen LogP contribution in [0.15, 0.2) is 74.6 Å². The van der Waals surface area contributed by atoms with Crippen molar-refractivity contribution in [2.75, 3.05) is 12.4 Å². The first-order valence-electron chi connectivity index (χ1n) is 7.80. The zero-order valence-electron chi connectivity index (χ0n) is 14.4. The first kappa shape index (κ1) is 19.9. The second-order valence-corrected chi connectivity index (χ2v) is 8.59. The van der Waals surface area contributed by atoms with Crippen LogP contribution in [0.2, 0.25) is 0 Å². The first-order valence-corrected chi connectivity index (χ1v) is 10.7. The molecule has 0 bridgehead atoms. The van der Waals surface area contributed by atoms with Crippen molar-refractivity contribution >= 4 is 48.1 Å². The van der Waals surface area contributed by atoms with Gasteiger partial charge in [0.15, 0.2) is 0 Å². The molecule has 0 saturated heterocycles. The van der Waals surface area contributed by atoms with Gasteiger partial charge in [-0.2, -0.15) is 27.1 Å². The van der Waals surface area contributed by atoms with Gasteiger partial charge in [0.05, 0.1) is 16.3 Å². The van der Waals surface area contributed by atoms with Crippen LogP contribution in [-0.2, 0) is 20.2 Å². The fourth-order valence-corrected chi connectivity index (χ4v) is 3.89. The van der Waals surface area contributed by atoms with Crippen LogP contribution in [-0.4, -0.2) is 33.0 Å². The van der Waals surface area contributed by atoms with Crippen molar-refractivity contribution in [1.29, 1.82) is 0 Å². The van der Waals surface area contributed by atoms with E-state index < -0.39 is 30.0 Å². The molecular weight excluding hydrogens is 406 g/mol. The zero-order valence-corrected chi connectivity index (χ0v) is 16.1. The quantitative estimate of drug-likeness (QED) is 0.419. The number of fused-ring (bicyclic) bond motifs is 1. The number of benzene rings is 3. The second kappa shape index (κ2) is 7.28. The molecule has 0 aliphatic rings. The summed E-state index contributed by atoms with van der Waals surface area (Å²) >= 11 is 0. The molecule has 0 atom stereocenters. The molecule has 0 radical (unpaired) electrons. The molecule has 0 unspecified atom stereocenters. The van der Waals surface area contributed by atoms with E-state index in [0.717, 1.165) is 11.8 Å². The molecule has 3 N–H and O–H groups in total. The van der Waals surface area contributed by atoms with Crippen molar-refractivity contribution in [3.63, 3.8) is 0 Å². The normalized spacial score (nSPS) is 12.5. The molecule has 0 aliphatic heterocycles. The third kappa shape index (κ3) is 4.34. The van der Waals surface area contributed by atoms with Crippen molar-refractivity contribution in [3.8, 4) is 0 Å². The lowest BCUT2D eigenvalue weighted by Crippen LogP contribution is -2.04. The molecule has 0 aliphatic carbocycles. The number of nitrogens with one attached hydrogen (secondary N) is 1. The lowest BCUT2D eigenvalue weighted by Gasteiger charge is -2.07. The Morgan fingerprint density at radius 2 is 1.39 bits per heavy atom. The second-order valence-electron chi connectivity index (χ2n) is 5.77. The topological polar surface area (TPSA) is 145 Å². The Kier molecular flexibility index (Phi) is 5.17. The smallest absolute Gasteiger partial charge is 0.295 e. The third-order valence-electron chi connectivity index (χ3n) is 3.88. The van der Waals surface area contributed by atoms with E-state index in [4.69, 9.17) is 0 Å². The Hall–Kier alpha value is -2.86. The highest BCUT2D eigenvalue weighted by molar-refractivity contribution is 7.86. The van der Waals surface area contributed by atoms with Crippen LogP contribution in [0, 0.1) is 0 Å². The van der Waals surface area contributed by atoms with E-state index in [1.165, 1.54) is 18.2 Å². The highest BCUT2D eigenvalue weighted by Crippen LogP contribution is 2.31. The maximum atomic E-state index is 11.6. The predicted molar refractivity (Wildman–Crippen MR) is 104 cm³/mol. The minimum atomic E-state index is -4.72. The summed E-state index contributed by atoms with van der Waals surface area (Å²) in [6, 6.07) is 13.1. The van der Waals surface area contributed by atoms with Gasteiger partial charge in [0.2, 0.25) is 0 Å². The summed E-state index contributed by atoms with van der Waals surface area (Å²) in [6.07, 6.45) is 0. The van der Waals surface area contributed by atoms with Gasteiger partial charge in [-0.05, 0) is 53.9 Å². The Morgan fingerprint density at radius 1 is 0.786 bits per heavy atom. The fourth-order valence-electron chi connectivity index (χ4n) is 2.53. The summed E-state index contributed by atoms with van der Waals surface area (Å²) < 4.78 is 64.7. The van der Waals surface area contributed by atoms with E-state index in [1.807, 2.05) is 12.1 Å². The van der Waals surface area contributed by atoms with Crippen molar-refractivity contribution < 1.29 is 25.9 Å². The third-order valence-corrected chi connectivity index (χ3v) is 5.61. The van der Waals surface area contributed by atoms with E-state index in [1.54, 1.807) is 19.2 Å². The van der Waals surface area contributed by atoms with Gasteiger partial charge in [0.25, 0.3) is 20.2 Å². The molecule has 28 heavy (non-hydrogen) atoms. The molecule has 0 aromatic heterocycles. The van der Waals surface area contributed by atoms with E-state index in [9.17, 15) is 25.9 Å². The molecule has 3 aromatic rings. The zero-order chi connectivity index (χ0) is 20.5. The maximum absolute atomic E-state index is 11.6. The standard InChI is InChI=1S/C17H15N3O6S2/c1-18-12-2-4-13(5-3-12)19-20-14-6-7-16-11(8-14)9-15(27(21,22)23)10-17(16)28(24,25)26/h2-10,18H,1H3,(H,21,22,23)(H,24,25,26). The van der Waals surface area contributed by atoms with Crippen LogP contribution in [0.5, 0.6) is 0 Å². The predicted octanol–water partition coefficient (Wildman–Crippen LogP) is 3.79. The molecule has 0 saturated carbocycles. The fraction of sp³-hybridized carbons (Fsp3) is 0.0588. The average Bonchev–Trinajstić information content (AvgIpc) is 2.64. The van der Waals surface area contributed by atoms with Gasteiger partial charge in [0, 0.05) is 18.1 Å². The molecular formula is C17H15N3O6S2. The molecule has 9 nitrogen and oxygen atoms in total. The van der Waals surface area contributed by atoms with E-state index in [0.29, 0.717) is 17.4 Å². The first-order chi connectivity index (χ1) is 13.1. The summed E-state index contributed by atoms with van der Waals surface area (Å²) in [4.78, 5) is -1.30. The number of hydrogen-bond donors (Lipinski definition) is 3. The summed E-state index contributed by atoms with van der Waals surface area (Å²) in [5.41, 5.74) is 1.79. The summed E-state index contributed by atoms with van der Waals surface area (Å²) in [6.45, 7) is 0. The highest BCUT2D eigenvalue weighted by atomic mass is 32.2. The number of azo groups is 1. The van der Waals surface area contributed by atoms with Crippen LogP contribution in [0.25, 0.3) is 10.8 Å². The Labute approximate surface area is 161 Å². The monoisotopic (exact) mass is 421 g/mol. The van der Waals surface area contributed by atoms with Crippen LogP contribution in [0.4, 0.5) is 17.1 Å². The lowest BCUT2D eigenvalue weighted by atomic mass is 10.1. The maximum Gasteiger partial charge on any atom is 0.295 e. The number of anilines is 1. The van der Waals surface area contributed by atoms with Crippen LogP contribution in [0.3, 0.4) is 0 Å². The van der Waals surface area contributed by atoms with Gasteiger partial charge >= 0.3 is 0 Å². The molecule has 0 amide bonds. The van der Waals surface area contributed by atoms with Gasteiger partial charge in [0.1, 0.15) is 4.90 Å². The van der Waals surface area contributed by atoms with Crippen LogP contribution < -0.4 is 5.32 Å². The number of rotatable bonds is 5. The lowest BCUT2D eigenvalue weighted by molar-refractivity contribution is 0.482. The van der Waals surface area contributed by atoms with Gasteiger partial charge in [-0.15, -0.1) is 0 Å². The molecule has 0 spiro atoms. The van der Waals surface area contributed by atoms with Crippen LogP contribution >= 0.6 is 0 Å². The molecule has 0 fully saturated rings. The van der Waals surface area contributed by atoms with E-state index in [-0.39, 0.29) is 10.8 Å². The minimum Gasteiger partial charge on any atom is -0.388 e. The van der Waals surface area contributed by atoms with Gasteiger partial charge in [-0.3, -0.25) is 9.11 Å². The van der Waals surface area contributed by atoms with Crippen molar-refractivity contribution in [2.45, 2.75) is 9.79 Å². The van der Waals surface area contributed by atoms with Gasteiger partial charge < -0.3 is 5.32 Å². The Bertz CT molecular complexity index is 1280. The van der Waals surface area contributed by atoms with Gasteiger partial charge in [-0.1, -0.05) is 6.07 Å². The van der Waals surface area contributed by atoms with Crippen LogP contribution in [0.1, 0.15) is 0 Å². The van der Waals surface area contributed by atoms with E-state index >= 15 is 0 Å². The molecule has 146 valence electrons. The summed E-state index contributed by atoms with van der Waals surface area (Å²) in [5, 5.41) is 11.3. The number of nitrogens with zero attached hydrogens (tertiary/aromatic N) is 2. The number of hydrogen-bond acceptors (Lipinski definition) is 7. The highest BCUT2D eigenvalue weighted by Gasteiger charge is 2.20.